The highest BCUT2D eigenvalue weighted by atomic mass is 35.5. The van der Waals surface area contributed by atoms with Gasteiger partial charge in [0.2, 0.25) is 0 Å². The van der Waals surface area contributed by atoms with Gasteiger partial charge in [-0.25, -0.2) is 0 Å². The van der Waals surface area contributed by atoms with Crippen molar-refractivity contribution in [3.63, 3.8) is 0 Å². The van der Waals surface area contributed by atoms with Crippen LogP contribution in [-0.2, 0) is 0 Å². The lowest BCUT2D eigenvalue weighted by molar-refractivity contribution is 0.475. The molecule has 0 spiro atoms. The molecule has 2 rings (SSSR count). The highest BCUT2D eigenvalue weighted by Crippen LogP contribution is 2.29. The lowest BCUT2D eigenvalue weighted by Crippen LogP contribution is -1.81. The average Bonchev–Trinajstić information content (AvgIpc) is 2.37. The Labute approximate surface area is 121 Å². The van der Waals surface area contributed by atoms with E-state index in [9.17, 15) is 10.2 Å². The van der Waals surface area contributed by atoms with Crippen LogP contribution in [0, 0.1) is 0 Å². The predicted octanol–water partition coefficient (Wildman–Crippen LogP) is 4.97. The maximum atomic E-state index is 9.39. The highest BCUT2D eigenvalue weighted by Gasteiger charge is 2.03. The molecule has 0 aliphatic carbocycles. The van der Waals surface area contributed by atoms with Gasteiger partial charge < -0.3 is 10.2 Å². The number of phenols is 2. The van der Waals surface area contributed by atoms with E-state index in [0.717, 1.165) is 16.7 Å². The minimum Gasteiger partial charge on any atom is -0.506 e. The first-order valence-corrected chi connectivity index (χ1v) is 6.38. The zero-order valence-electron chi connectivity index (χ0n) is 10.2. The largest absolute Gasteiger partial charge is 0.506 e. The van der Waals surface area contributed by atoms with E-state index in [1.165, 1.54) is 0 Å². The molecule has 98 valence electrons. The molecular weight excluding hydrogens is 283 g/mol. The van der Waals surface area contributed by atoms with Crippen molar-refractivity contribution in [1.82, 2.24) is 0 Å². The minimum atomic E-state index is 0.0594. The summed E-state index contributed by atoms with van der Waals surface area (Å²) in [5.41, 5.74) is 2.76. The van der Waals surface area contributed by atoms with Gasteiger partial charge >= 0.3 is 0 Å². The summed E-state index contributed by atoms with van der Waals surface area (Å²) >= 11 is 11.7. The Morgan fingerprint density at radius 3 is 2.11 bits per heavy atom. The van der Waals surface area contributed by atoms with Crippen LogP contribution < -0.4 is 0 Å². The number of benzene rings is 2. The number of phenolic OH excluding ortho intramolecular Hbond substituents is 2. The first-order valence-electron chi connectivity index (χ1n) is 5.63. The van der Waals surface area contributed by atoms with Gasteiger partial charge in [0.1, 0.15) is 11.5 Å². The quantitative estimate of drug-likeness (QED) is 0.768. The van der Waals surface area contributed by atoms with E-state index in [1.54, 1.807) is 36.4 Å². The van der Waals surface area contributed by atoms with Crippen LogP contribution in [0.2, 0.25) is 10.0 Å². The second-order valence-corrected chi connectivity index (χ2v) is 5.02. The number of hydrogen-bond acceptors (Lipinski definition) is 2. The number of rotatable bonds is 2. The van der Waals surface area contributed by atoms with E-state index < -0.39 is 0 Å². The molecule has 0 aromatic heterocycles. The monoisotopic (exact) mass is 294 g/mol. The molecule has 0 saturated heterocycles. The SMILES string of the molecule is C/C(=C\c1ccc(O)c(Cl)c1)c1ccc(O)c(Cl)c1. The second-order valence-electron chi connectivity index (χ2n) is 4.20. The first-order chi connectivity index (χ1) is 8.97. The van der Waals surface area contributed by atoms with E-state index in [1.807, 2.05) is 13.0 Å². The summed E-state index contributed by atoms with van der Waals surface area (Å²) in [7, 11) is 0. The molecule has 2 N–H and O–H groups in total. The van der Waals surface area contributed by atoms with Crippen molar-refractivity contribution < 1.29 is 10.2 Å². The highest BCUT2D eigenvalue weighted by molar-refractivity contribution is 6.32. The van der Waals surface area contributed by atoms with Crippen LogP contribution in [-0.4, -0.2) is 10.2 Å². The Kier molecular flexibility index (Phi) is 4.03. The number of hydrogen-bond donors (Lipinski definition) is 2. The summed E-state index contributed by atoms with van der Waals surface area (Å²) in [6, 6.07) is 10.0. The molecule has 4 heteroatoms. The van der Waals surface area contributed by atoms with Crippen LogP contribution in [0.4, 0.5) is 0 Å². The molecule has 0 aliphatic rings. The summed E-state index contributed by atoms with van der Waals surface area (Å²) in [4.78, 5) is 0. The fourth-order valence-corrected chi connectivity index (χ4v) is 2.07. The average molecular weight is 295 g/mol. The van der Waals surface area contributed by atoms with E-state index in [2.05, 4.69) is 0 Å². The molecule has 0 bridgehead atoms. The first kappa shape index (κ1) is 13.8. The van der Waals surface area contributed by atoms with Gasteiger partial charge in [0, 0.05) is 0 Å². The Morgan fingerprint density at radius 1 is 0.947 bits per heavy atom. The lowest BCUT2D eigenvalue weighted by Gasteiger charge is -2.05. The molecule has 2 aromatic carbocycles. The third-order valence-corrected chi connectivity index (χ3v) is 3.36. The van der Waals surface area contributed by atoms with Crippen LogP contribution in [0.1, 0.15) is 18.1 Å². The van der Waals surface area contributed by atoms with Gasteiger partial charge in [-0.15, -0.1) is 0 Å². The van der Waals surface area contributed by atoms with Crippen LogP contribution >= 0.6 is 23.2 Å². The Morgan fingerprint density at radius 2 is 1.53 bits per heavy atom. The van der Waals surface area contributed by atoms with Crippen molar-refractivity contribution >= 4 is 34.9 Å². The maximum Gasteiger partial charge on any atom is 0.134 e. The fourth-order valence-electron chi connectivity index (χ4n) is 1.70. The van der Waals surface area contributed by atoms with Crippen LogP contribution in [0.25, 0.3) is 11.6 Å². The number of aromatic hydroxyl groups is 2. The Hall–Kier alpha value is -1.64. The molecule has 0 fully saturated rings. The van der Waals surface area contributed by atoms with Gasteiger partial charge in [0.25, 0.3) is 0 Å². The fraction of sp³-hybridized carbons (Fsp3) is 0.0667. The summed E-state index contributed by atoms with van der Waals surface area (Å²) in [6.45, 7) is 1.93. The van der Waals surface area contributed by atoms with Gasteiger partial charge in [-0.1, -0.05) is 41.4 Å². The molecule has 0 saturated carbocycles. The predicted molar refractivity (Wildman–Crippen MR) is 79.8 cm³/mol. The van der Waals surface area contributed by atoms with E-state index in [-0.39, 0.29) is 11.5 Å². The van der Waals surface area contributed by atoms with Crippen molar-refractivity contribution in [2.75, 3.05) is 0 Å². The molecule has 2 nitrogen and oxygen atoms in total. The van der Waals surface area contributed by atoms with Crippen LogP contribution in [0.3, 0.4) is 0 Å². The number of halogens is 2. The van der Waals surface area contributed by atoms with Crippen molar-refractivity contribution in [3.8, 4) is 11.5 Å². The summed E-state index contributed by atoms with van der Waals surface area (Å²) in [5, 5.41) is 19.4. The minimum absolute atomic E-state index is 0.0594. The maximum absolute atomic E-state index is 9.39. The molecule has 0 aliphatic heterocycles. The second kappa shape index (κ2) is 5.55. The van der Waals surface area contributed by atoms with Gasteiger partial charge in [0.05, 0.1) is 10.0 Å². The van der Waals surface area contributed by atoms with Crippen molar-refractivity contribution in [2.45, 2.75) is 6.92 Å². The third kappa shape index (κ3) is 3.22. The third-order valence-electron chi connectivity index (χ3n) is 2.76. The molecule has 0 radical (unpaired) electrons. The normalized spacial score (nSPS) is 11.6. The van der Waals surface area contributed by atoms with E-state index >= 15 is 0 Å². The smallest absolute Gasteiger partial charge is 0.134 e. The Balaban J connectivity index is 2.36. The molecule has 19 heavy (non-hydrogen) atoms. The molecule has 0 unspecified atom stereocenters. The zero-order valence-corrected chi connectivity index (χ0v) is 11.7. The van der Waals surface area contributed by atoms with Crippen molar-refractivity contribution in [3.05, 3.63) is 57.6 Å². The molecule has 0 amide bonds. The van der Waals surface area contributed by atoms with Crippen molar-refractivity contribution in [2.24, 2.45) is 0 Å². The van der Waals surface area contributed by atoms with E-state index in [0.29, 0.717) is 10.0 Å². The van der Waals surface area contributed by atoms with Crippen LogP contribution in [0.15, 0.2) is 36.4 Å². The lowest BCUT2D eigenvalue weighted by atomic mass is 10.0. The molecule has 0 atom stereocenters. The Bertz CT molecular complexity index is 649. The van der Waals surface area contributed by atoms with Gasteiger partial charge in [0.15, 0.2) is 0 Å². The summed E-state index contributed by atoms with van der Waals surface area (Å²) < 4.78 is 0. The van der Waals surface area contributed by atoms with Gasteiger partial charge in [-0.3, -0.25) is 0 Å². The molecule has 2 aromatic rings. The topological polar surface area (TPSA) is 40.5 Å². The summed E-state index contributed by atoms with van der Waals surface area (Å²) in [6.07, 6.45) is 1.92. The summed E-state index contributed by atoms with van der Waals surface area (Å²) in [5.74, 6) is 0.120. The van der Waals surface area contributed by atoms with Gasteiger partial charge in [-0.2, -0.15) is 0 Å². The van der Waals surface area contributed by atoms with Gasteiger partial charge in [-0.05, 0) is 47.9 Å². The van der Waals surface area contributed by atoms with Crippen molar-refractivity contribution in [1.29, 1.82) is 0 Å². The standard InChI is InChI=1S/C15H12Cl2O2/c1-9(11-3-5-15(19)13(17)8-11)6-10-2-4-14(18)12(16)7-10/h2-8,18-19H,1H3/b9-6+. The van der Waals surface area contributed by atoms with Crippen LogP contribution in [0.5, 0.6) is 11.5 Å². The van der Waals surface area contributed by atoms with E-state index in [4.69, 9.17) is 23.2 Å². The molecular formula is C15H12Cl2O2. The number of allylic oxidation sites excluding steroid dienone is 1. The zero-order chi connectivity index (χ0) is 14.0. The molecule has 0 heterocycles.